The van der Waals surface area contributed by atoms with E-state index in [-0.39, 0.29) is 11.4 Å². The zero-order valence-corrected chi connectivity index (χ0v) is 12.5. The highest BCUT2D eigenvalue weighted by Gasteiger charge is 2.16. The average molecular weight is 337 g/mol. The Balaban J connectivity index is 2.25. The molecule has 0 bridgehead atoms. The van der Waals surface area contributed by atoms with Crippen LogP contribution in [-0.2, 0) is 0 Å². The number of imidazole rings is 1. The van der Waals surface area contributed by atoms with Gasteiger partial charge >= 0.3 is 0 Å². The fraction of sp³-hybridized carbons (Fsp3) is 0.133. The topological polar surface area (TPSA) is 28.7 Å². The SMILES string of the molecule is Cc1cc2nc(-c3c(F)cc(Br)cc3F)[nH]c2cc1C. The minimum atomic E-state index is -0.649. The lowest BCUT2D eigenvalue weighted by Crippen LogP contribution is -1.92. The third-order valence-electron chi connectivity index (χ3n) is 3.34. The number of aromatic nitrogens is 2. The van der Waals surface area contributed by atoms with Crippen LogP contribution in [-0.4, -0.2) is 9.97 Å². The van der Waals surface area contributed by atoms with E-state index in [4.69, 9.17) is 0 Å². The summed E-state index contributed by atoms with van der Waals surface area (Å²) in [6, 6.07) is 6.28. The zero-order chi connectivity index (χ0) is 14.4. The molecule has 0 spiro atoms. The van der Waals surface area contributed by atoms with Crippen molar-refractivity contribution in [2.24, 2.45) is 0 Å². The van der Waals surface area contributed by atoms with E-state index in [0.29, 0.717) is 9.99 Å². The normalized spacial score (nSPS) is 11.2. The molecule has 0 aliphatic rings. The number of benzene rings is 2. The molecule has 102 valence electrons. The summed E-state index contributed by atoms with van der Waals surface area (Å²) >= 11 is 3.06. The van der Waals surface area contributed by atoms with Crippen molar-refractivity contribution in [3.63, 3.8) is 0 Å². The first-order valence-electron chi connectivity index (χ1n) is 6.07. The highest BCUT2D eigenvalue weighted by molar-refractivity contribution is 9.10. The molecule has 1 N–H and O–H groups in total. The van der Waals surface area contributed by atoms with Gasteiger partial charge in [-0.15, -0.1) is 0 Å². The number of H-pyrrole nitrogens is 1. The molecule has 0 unspecified atom stereocenters. The fourth-order valence-corrected chi connectivity index (χ4v) is 2.56. The van der Waals surface area contributed by atoms with Crippen LogP contribution in [0.2, 0.25) is 0 Å². The van der Waals surface area contributed by atoms with Gasteiger partial charge in [-0.3, -0.25) is 0 Å². The van der Waals surface area contributed by atoms with Crippen LogP contribution < -0.4 is 0 Å². The fourth-order valence-electron chi connectivity index (χ4n) is 2.16. The number of aryl methyl sites for hydroxylation is 2. The Morgan fingerprint density at radius 3 is 2.25 bits per heavy atom. The summed E-state index contributed by atoms with van der Waals surface area (Å²) < 4.78 is 28.3. The van der Waals surface area contributed by atoms with E-state index in [2.05, 4.69) is 25.9 Å². The molecule has 0 aliphatic heterocycles. The molecule has 3 aromatic rings. The maximum absolute atomic E-state index is 14.0. The molecule has 0 saturated heterocycles. The second kappa shape index (κ2) is 4.66. The lowest BCUT2D eigenvalue weighted by atomic mass is 10.1. The quantitative estimate of drug-likeness (QED) is 0.673. The van der Waals surface area contributed by atoms with Crippen molar-refractivity contribution in [2.45, 2.75) is 13.8 Å². The first-order chi connectivity index (χ1) is 9.45. The highest BCUT2D eigenvalue weighted by Crippen LogP contribution is 2.29. The first kappa shape index (κ1) is 13.2. The summed E-state index contributed by atoms with van der Waals surface area (Å²) in [4.78, 5) is 7.26. The number of hydrogen-bond donors (Lipinski definition) is 1. The Morgan fingerprint density at radius 2 is 1.60 bits per heavy atom. The molecule has 1 heterocycles. The highest BCUT2D eigenvalue weighted by atomic mass is 79.9. The van der Waals surface area contributed by atoms with Crippen molar-refractivity contribution >= 4 is 27.0 Å². The lowest BCUT2D eigenvalue weighted by molar-refractivity contribution is 0.586. The van der Waals surface area contributed by atoms with Gasteiger partial charge in [0.15, 0.2) is 0 Å². The monoisotopic (exact) mass is 336 g/mol. The Morgan fingerprint density at radius 1 is 1.00 bits per heavy atom. The Bertz CT molecular complexity index is 762. The minimum Gasteiger partial charge on any atom is -0.338 e. The summed E-state index contributed by atoms with van der Waals surface area (Å²) in [6.45, 7) is 3.96. The van der Waals surface area contributed by atoms with Gasteiger partial charge in [0.25, 0.3) is 0 Å². The van der Waals surface area contributed by atoms with Crippen LogP contribution in [0, 0.1) is 25.5 Å². The molecule has 0 saturated carbocycles. The number of fused-ring (bicyclic) bond motifs is 1. The molecule has 0 radical (unpaired) electrons. The predicted octanol–water partition coefficient (Wildman–Crippen LogP) is 4.89. The van der Waals surface area contributed by atoms with Crippen LogP contribution in [0.15, 0.2) is 28.7 Å². The van der Waals surface area contributed by atoms with Crippen molar-refractivity contribution < 1.29 is 8.78 Å². The van der Waals surface area contributed by atoms with Crippen LogP contribution in [0.25, 0.3) is 22.4 Å². The number of aromatic amines is 1. The van der Waals surface area contributed by atoms with E-state index in [9.17, 15) is 8.78 Å². The van der Waals surface area contributed by atoms with Gasteiger partial charge in [-0.25, -0.2) is 13.8 Å². The second-order valence-electron chi connectivity index (χ2n) is 4.78. The zero-order valence-electron chi connectivity index (χ0n) is 10.9. The number of nitrogens with zero attached hydrogens (tertiary/aromatic N) is 1. The van der Waals surface area contributed by atoms with Crippen molar-refractivity contribution in [3.8, 4) is 11.4 Å². The third kappa shape index (κ3) is 2.12. The van der Waals surface area contributed by atoms with Gasteiger partial charge in [-0.05, 0) is 49.2 Å². The van der Waals surface area contributed by atoms with E-state index in [1.54, 1.807) is 0 Å². The van der Waals surface area contributed by atoms with Gasteiger partial charge in [0.1, 0.15) is 17.5 Å². The summed E-state index contributed by atoms with van der Waals surface area (Å²) in [5, 5.41) is 0. The molecular formula is C15H11BrF2N2. The summed E-state index contributed by atoms with van der Waals surface area (Å²) in [7, 11) is 0. The van der Waals surface area contributed by atoms with Crippen LogP contribution >= 0.6 is 15.9 Å². The molecule has 2 nitrogen and oxygen atoms in total. The molecule has 2 aromatic carbocycles. The van der Waals surface area contributed by atoms with Crippen LogP contribution in [0.1, 0.15) is 11.1 Å². The van der Waals surface area contributed by atoms with Gasteiger partial charge < -0.3 is 4.98 Å². The Labute approximate surface area is 123 Å². The summed E-state index contributed by atoms with van der Waals surface area (Å²) in [5.74, 6) is -1.10. The number of halogens is 3. The number of nitrogens with one attached hydrogen (secondary N) is 1. The molecule has 20 heavy (non-hydrogen) atoms. The lowest BCUT2D eigenvalue weighted by Gasteiger charge is -2.02. The third-order valence-corrected chi connectivity index (χ3v) is 3.80. The van der Waals surface area contributed by atoms with Gasteiger partial charge in [-0.1, -0.05) is 15.9 Å². The standard InChI is InChI=1S/C15H11BrF2N2/c1-7-3-12-13(4-8(7)2)20-15(19-12)14-10(17)5-9(16)6-11(14)18/h3-6H,1-2H3,(H,19,20). The number of rotatable bonds is 1. The van der Waals surface area contributed by atoms with E-state index in [0.717, 1.165) is 16.6 Å². The van der Waals surface area contributed by atoms with Gasteiger partial charge in [0.05, 0.1) is 16.6 Å². The molecule has 5 heteroatoms. The maximum Gasteiger partial charge on any atom is 0.144 e. The minimum absolute atomic E-state index is 0.139. The van der Waals surface area contributed by atoms with E-state index < -0.39 is 11.6 Å². The maximum atomic E-state index is 14.0. The van der Waals surface area contributed by atoms with E-state index >= 15 is 0 Å². The van der Waals surface area contributed by atoms with Gasteiger partial charge in [-0.2, -0.15) is 0 Å². The molecule has 0 atom stereocenters. The van der Waals surface area contributed by atoms with Crippen LogP contribution in [0.3, 0.4) is 0 Å². The largest absolute Gasteiger partial charge is 0.338 e. The summed E-state index contributed by atoms with van der Waals surface area (Å²) in [6.07, 6.45) is 0. The smallest absolute Gasteiger partial charge is 0.144 e. The Kier molecular flexibility index (Phi) is 3.09. The molecular weight excluding hydrogens is 326 g/mol. The van der Waals surface area contributed by atoms with Crippen molar-refractivity contribution in [2.75, 3.05) is 0 Å². The molecule has 1 aromatic heterocycles. The van der Waals surface area contributed by atoms with E-state index in [1.165, 1.54) is 12.1 Å². The predicted molar refractivity (Wildman–Crippen MR) is 78.6 cm³/mol. The molecule has 0 amide bonds. The summed E-state index contributed by atoms with van der Waals surface area (Å²) in [5.41, 5.74) is 3.52. The molecule has 0 fully saturated rings. The first-order valence-corrected chi connectivity index (χ1v) is 6.87. The van der Waals surface area contributed by atoms with Crippen molar-refractivity contribution in [1.82, 2.24) is 9.97 Å². The average Bonchev–Trinajstić information content (AvgIpc) is 2.70. The molecule has 0 aliphatic carbocycles. The van der Waals surface area contributed by atoms with Crippen molar-refractivity contribution in [3.05, 3.63) is 51.5 Å². The number of hydrogen-bond acceptors (Lipinski definition) is 1. The second-order valence-corrected chi connectivity index (χ2v) is 5.70. The van der Waals surface area contributed by atoms with Crippen LogP contribution in [0.5, 0.6) is 0 Å². The Hall–Kier alpha value is -1.75. The van der Waals surface area contributed by atoms with Crippen molar-refractivity contribution in [1.29, 1.82) is 0 Å². The van der Waals surface area contributed by atoms with E-state index in [1.807, 2.05) is 26.0 Å². The van der Waals surface area contributed by atoms with Gasteiger partial charge in [0, 0.05) is 4.47 Å². The molecule has 3 rings (SSSR count). The van der Waals surface area contributed by atoms with Crippen LogP contribution in [0.4, 0.5) is 8.78 Å². The van der Waals surface area contributed by atoms with Gasteiger partial charge in [0.2, 0.25) is 0 Å².